The van der Waals surface area contributed by atoms with Crippen LogP contribution in [0.1, 0.15) is 46.5 Å². The van der Waals surface area contributed by atoms with E-state index in [-0.39, 0.29) is 18.1 Å². The molecule has 3 amide bonds. The number of rotatable bonds is 14. The van der Waals surface area contributed by atoms with Gasteiger partial charge >= 0.3 is 5.97 Å². The van der Waals surface area contributed by atoms with E-state index in [1.54, 1.807) is 6.92 Å². The predicted molar refractivity (Wildman–Crippen MR) is 113 cm³/mol. The van der Waals surface area contributed by atoms with Crippen LogP contribution in [-0.4, -0.2) is 65.3 Å². The van der Waals surface area contributed by atoms with E-state index in [0.29, 0.717) is 25.8 Å². The first-order valence-corrected chi connectivity index (χ1v) is 10.4. The van der Waals surface area contributed by atoms with Gasteiger partial charge in [0.25, 0.3) is 0 Å². The molecule has 11 heteroatoms. The molecule has 0 aliphatic rings. The van der Waals surface area contributed by atoms with Crippen LogP contribution in [0.2, 0.25) is 0 Å². The summed E-state index contributed by atoms with van der Waals surface area (Å²) in [5.41, 5.74) is 11.1. The topological polar surface area (TPSA) is 177 Å². The molecule has 0 saturated heterocycles. The van der Waals surface area contributed by atoms with Crippen LogP contribution >= 0.6 is 12.6 Å². The quantitative estimate of drug-likeness (QED) is 0.135. The normalized spacial score (nSPS) is 16.1. The van der Waals surface area contributed by atoms with Gasteiger partial charge in [-0.2, -0.15) is 12.6 Å². The molecule has 0 aromatic heterocycles. The SMILES string of the molecule is CCC(C)C(NC(=O)C(C)N)C(=O)NC(CCCCN)C(=O)NC(CS)C(=O)O. The van der Waals surface area contributed by atoms with Crippen LogP contribution in [0.15, 0.2) is 0 Å². The van der Waals surface area contributed by atoms with Crippen LogP contribution in [0.3, 0.4) is 0 Å². The first-order chi connectivity index (χ1) is 13.6. The van der Waals surface area contributed by atoms with Crippen molar-refractivity contribution in [2.75, 3.05) is 12.3 Å². The van der Waals surface area contributed by atoms with Crippen molar-refractivity contribution >= 4 is 36.3 Å². The standard InChI is InChI=1S/C18H35N5O5S/c1-4-10(2)14(23-15(24)11(3)20)17(26)21-12(7-5-6-8-19)16(25)22-13(9-29)18(27)28/h10-14,29H,4-9,19-20H2,1-3H3,(H,21,26)(H,22,25)(H,23,24)(H,27,28). The largest absolute Gasteiger partial charge is 0.480 e. The van der Waals surface area contributed by atoms with Crippen molar-refractivity contribution in [1.29, 1.82) is 0 Å². The molecule has 5 atom stereocenters. The molecule has 0 fully saturated rings. The number of nitrogens with one attached hydrogen (secondary N) is 3. The van der Waals surface area contributed by atoms with Crippen LogP contribution in [0.5, 0.6) is 0 Å². The van der Waals surface area contributed by atoms with E-state index in [1.165, 1.54) is 6.92 Å². The number of unbranched alkanes of at least 4 members (excludes halogenated alkanes) is 1. The van der Waals surface area contributed by atoms with Crippen molar-refractivity contribution < 1.29 is 24.3 Å². The number of hydrogen-bond donors (Lipinski definition) is 7. The lowest BCUT2D eigenvalue weighted by molar-refractivity contribution is -0.141. The van der Waals surface area contributed by atoms with Crippen molar-refractivity contribution in [2.45, 2.75) is 70.6 Å². The Morgan fingerprint density at radius 1 is 0.966 bits per heavy atom. The average molecular weight is 434 g/mol. The van der Waals surface area contributed by atoms with E-state index in [4.69, 9.17) is 16.6 Å². The molecule has 8 N–H and O–H groups in total. The molecular weight excluding hydrogens is 398 g/mol. The summed E-state index contributed by atoms with van der Waals surface area (Å²) in [5, 5.41) is 16.7. The van der Waals surface area contributed by atoms with Crippen molar-refractivity contribution in [3.63, 3.8) is 0 Å². The zero-order valence-electron chi connectivity index (χ0n) is 17.3. The Morgan fingerprint density at radius 3 is 2.00 bits per heavy atom. The molecule has 0 saturated carbocycles. The van der Waals surface area contributed by atoms with E-state index >= 15 is 0 Å². The molecule has 0 aromatic rings. The van der Waals surface area contributed by atoms with Crippen molar-refractivity contribution in [3.05, 3.63) is 0 Å². The number of carboxylic acids is 1. The maximum Gasteiger partial charge on any atom is 0.327 e. The first-order valence-electron chi connectivity index (χ1n) is 9.79. The summed E-state index contributed by atoms with van der Waals surface area (Å²) in [6, 6.07) is -3.80. The molecule has 0 spiro atoms. The molecule has 0 aliphatic carbocycles. The zero-order valence-corrected chi connectivity index (χ0v) is 18.2. The third-order valence-electron chi connectivity index (χ3n) is 4.58. The molecule has 5 unspecified atom stereocenters. The minimum absolute atomic E-state index is 0.0928. The summed E-state index contributed by atoms with van der Waals surface area (Å²) in [7, 11) is 0. The fourth-order valence-electron chi connectivity index (χ4n) is 2.47. The van der Waals surface area contributed by atoms with Crippen LogP contribution in [0, 0.1) is 5.92 Å². The maximum absolute atomic E-state index is 12.8. The summed E-state index contributed by atoms with van der Waals surface area (Å²) in [4.78, 5) is 48.6. The third kappa shape index (κ3) is 9.95. The molecule has 0 aliphatic heterocycles. The van der Waals surface area contributed by atoms with Gasteiger partial charge in [-0.1, -0.05) is 20.3 Å². The molecule has 0 radical (unpaired) electrons. The van der Waals surface area contributed by atoms with Gasteiger partial charge in [0.2, 0.25) is 17.7 Å². The Hall–Kier alpha value is -1.85. The molecule has 0 bridgehead atoms. The predicted octanol–water partition coefficient (Wildman–Crippen LogP) is -1.02. The smallest absolute Gasteiger partial charge is 0.327 e. The van der Waals surface area contributed by atoms with E-state index in [9.17, 15) is 19.2 Å². The van der Waals surface area contributed by atoms with E-state index in [1.807, 2.05) is 6.92 Å². The highest BCUT2D eigenvalue weighted by atomic mass is 32.1. The molecule has 168 valence electrons. The monoisotopic (exact) mass is 433 g/mol. The maximum atomic E-state index is 12.8. The van der Waals surface area contributed by atoms with Gasteiger partial charge in [0.05, 0.1) is 6.04 Å². The van der Waals surface area contributed by atoms with Crippen LogP contribution in [0.25, 0.3) is 0 Å². The van der Waals surface area contributed by atoms with Crippen molar-refractivity contribution in [3.8, 4) is 0 Å². The lowest BCUT2D eigenvalue weighted by Gasteiger charge is -2.27. The average Bonchev–Trinajstić information content (AvgIpc) is 2.67. The highest BCUT2D eigenvalue weighted by Gasteiger charge is 2.31. The molecule has 0 rings (SSSR count). The summed E-state index contributed by atoms with van der Waals surface area (Å²) in [6.45, 7) is 5.61. The molecule has 10 nitrogen and oxygen atoms in total. The third-order valence-corrected chi connectivity index (χ3v) is 4.95. The Morgan fingerprint density at radius 2 is 1.55 bits per heavy atom. The molecule has 29 heavy (non-hydrogen) atoms. The number of carboxylic acid groups (broad SMARTS) is 1. The Labute approximate surface area is 177 Å². The number of thiol groups is 1. The highest BCUT2D eigenvalue weighted by Crippen LogP contribution is 2.10. The zero-order chi connectivity index (χ0) is 22.6. The van der Waals surface area contributed by atoms with Gasteiger partial charge < -0.3 is 32.5 Å². The number of nitrogens with two attached hydrogens (primary N) is 2. The number of amides is 3. The van der Waals surface area contributed by atoms with Gasteiger partial charge in [-0.05, 0) is 38.6 Å². The first kappa shape index (κ1) is 27.1. The fourth-order valence-corrected chi connectivity index (χ4v) is 2.72. The Bertz CT molecular complexity index is 561. The number of aliphatic carboxylic acids is 1. The van der Waals surface area contributed by atoms with Crippen LogP contribution in [-0.2, 0) is 19.2 Å². The van der Waals surface area contributed by atoms with Crippen molar-refractivity contribution in [1.82, 2.24) is 16.0 Å². The van der Waals surface area contributed by atoms with Crippen molar-refractivity contribution in [2.24, 2.45) is 17.4 Å². The van der Waals surface area contributed by atoms with E-state index in [2.05, 4.69) is 28.6 Å². The lowest BCUT2D eigenvalue weighted by atomic mass is 9.97. The Balaban J connectivity index is 5.37. The van der Waals surface area contributed by atoms with E-state index in [0.717, 1.165) is 0 Å². The lowest BCUT2D eigenvalue weighted by Crippen LogP contribution is -2.58. The van der Waals surface area contributed by atoms with Gasteiger partial charge in [0, 0.05) is 5.75 Å². The second kappa shape index (κ2) is 14.2. The number of carbonyl (C=O) groups excluding carboxylic acids is 3. The van der Waals surface area contributed by atoms with Gasteiger partial charge in [0.1, 0.15) is 18.1 Å². The van der Waals surface area contributed by atoms with Crippen LogP contribution < -0.4 is 27.4 Å². The second-order valence-corrected chi connectivity index (χ2v) is 7.45. The number of carbonyl (C=O) groups is 4. The van der Waals surface area contributed by atoms with Gasteiger partial charge in [-0.25, -0.2) is 4.79 Å². The van der Waals surface area contributed by atoms with Gasteiger partial charge in [-0.15, -0.1) is 0 Å². The van der Waals surface area contributed by atoms with E-state index < -0.39 is 47.9 Å². The fraction of sp³-hybridized carbons (Fsp3) is 0.778. The highest BCUT2D eigenvalue weighted by molar-refractivity contribution is 7.80. The summed E-state index contributed by atoms with van der Waals surface area (Å²) in [5.74, 6) is -3.14. The second-order valence-electron chi connectivity index (χ2n) is 7.09. The Kier molecular flexibility index (Phi) is 13.3. The molecular formula is C18H35N5O5S. The summed E-state index contributed by atoms with van der Waals surface area (Å²) < 4.78 is 0. The minimum atomic E-state index is -1.22. The van der Waals surface area contributed by atoms with Gasteiger partial charge in [-0.3, -0.25) is 14.4 Å². The molecule has 0 aromatic carbocycles. The van der Waals surface area contributed by atoms with Crippen LogP contribution in [0.4, 0.5) is 0 Å². The minimum Gasteiger partial charge on any atom is -0.480 e. The summed E-state index contributed by atoms with van der Waals surface area (Å²) >= 11 is 3.92. The molecule has 0 heterocycles. The van der Waals surface area contributed by atoms with Gasteiger partial charge in [0.15, 0.2) is 0 Å². The number of hydrogen-bond acceptors (Lipinski definition) is 7. The summed E-state index contributed by atoms with van der Waals surface area (Å²) in [6.07, 6.45) is 2.10.